The Kier molecular flexibility index (Phi) is 7.87. The van der Waals surface area contributed by atoms with Gasteiger partial charge < -0.3 is 25.3 Å². The molecule has 0 radical (unpaired) electrons. The fourth-order valence-corrected chi connectivity index (χ4v) is 5.41. The molecule has 5 rings (SSSR count). The van der Waals surface area contributed by atoms with E-state index in [-0.39, 0.29) is 17.7 Å². The zero-order chi connectivity index (χ0) is 26.6. The molecule has 10 nitrogen and oxygen atoms in total. The third-order valence-corrected chi connectivity index (χ3v) is 7.79. The van der Waals surface area contributed by atoms with Crippen LogP contribution in [-0.4, -0.2) is 89.5 Å². The van der Waals surface area contributed by atoms with Gasteiger partial charge in [-0.3, -0.25) is 14.4 Å². The minimum Gasteiger partial charge on any atom is -0.366 e. The predicted molar refractivity (Wildman–Crippen MR) is 147 cm³/mol. The molecule has 2 aromatic carbocycles. The second-order valence-electron chi connectivity index (χ2n) is 9.21. The highest BCUT2D eigenvalue weighted by Gasteiger charge is 2.26. The van der Waals surface area contributed by atoms with Gasteiger partial charge in [-0.15, -0.1) is 5.10 Å². The topological polar surface area (TPSA) is 111 Å². The van der Waals surface area contributed by atoms with Gasteiger partial charge in [-0.2, -0.15) is 0 Å². The number of anilines is 2. The molecule has 3 heterocycles. The maximum Gasteiger partial charge on any atom is 0.269 e. The third kappa shape index (κ3) is 5.64. The first-order valence-corrected chi connectivity index (χ1v) is 13.6. The number of hydrogen-bond acceptors (Lipinski definition) is 8. The number of aryl methyl sites for hydroxylation is 1. The smallest absolute Gasteiger partial charge is 0.269 e. The van der Waals surface area contributed by atoms with Crippen molar-refractivity contribution in [2.75, 3.05) is 62.6 Å². The SMILES string of the molecule is Cc1nnsc1C(=O)Nc1cc(C(=O)N2CCNCC2)ccc1N1CCN(C(=O)c2cccc(Cl)c2)CC1. The molecule has 2 aliphatic rings. The van der Waals surface area contributed by atoms with Crippen molar-refractivity contribution in [3.8, 4) is 0 Å². The number of benzene rings is 2. The lowest BCUT2D eigenvalue weighted by molar-refractivity contribution is 0.0731. The van der Waals surface area contributed by atoms with E-state index in [4.69, 9.17) is 11.6 Å². The van der Waals surface area contributed by atoms with Crippen molar-refractivity contribution < 1.29 is 14.4 Å². The lowest BCUT2D eigenvalue weighted by Gasteiger charge is -2.37. The Morgan fingerprint density at radius 1 is 0.921 bits per heavy atom. The van der Waals surface area contributed by atoms with Crippen molar-refractivity contribution in [2.24, 2.45) is 0 Å². The second kappa shape index (κ2) is 11.5. The van der Waals surface area contributed by atoms with Gasteiger partial charge in [0.1, 0.15) is 4.88 Å². The summed E-state index contributed by atoms with van der Waals surface area (Å²) in [6, 6.07) is 12.4. The Bertz CT molecular complexity index is 1350. The maximum absolute atomic E-state index is 13.2. The first-order chi connectivity index (χ1) is 18.4. The molecule has 3 amide bonds. The number of amides is 3. The average molecular weight is 554 g/mol. The van der Waals surface area contributed by atoms with Gasteiger partial charge in [-0.05, 0) is 54.9 Å². The molecular weight excluding hydrogens is 526 g/mol. The first-order valence-electron chi connectivity index (χ1n) is 12.4. The van der Waals surface area contributed by atoms with Crippen LogP contribution in [0.3, 0.4) is 0 Å². The summed E-state index contributed by atoms with van der Waals surface area (Å²) in [4.78, 5) is 45.4. The second-order valence-corrected chi connectivity index (χ2v) is 10.4. The fourth-order valence-electron chi connectivity index (χ4n) is 4.67. The largest absolute Gasteiger partial charge is 0.366 e. The Hall–Kier alpha value is -3.54. The van der Waals surface area contributed by atoms with E-state index in [1.165, 1.54) is 0 Å². The van der Waals surface area contributed by atoms with Gasteiger partial charge in [0, 0.05) is 68.5 Å². The quantitative estimate of drug-likeness (QED) is 0.500. The molecule has 0 spiro atoms. The van der Waals surface area contributed by atoms with Crippen LogP contribution in [0.4, 0.5) is 11.4 Å². The molecule has 2 saturated heterocycles. The summed E-state index contributed by atoms with van der Waals surface area (Å²) in [6.45, 7) is 6.68. The van der Waals surface area contributed by atoms with Crippen LogP contribution in [0.15, 0.2) is 42.5 Å². The van der Waals surface area contributed by atoms with Gasteiger partial charge in [0.15, 0.2) is 0 Å². The van der Waals surface area contributed by atoms with E-state index in [0.29, 0.717) is 71.7 Å². The monoisotopic (exact) mass is 553 g/mol. The summed E-state index contributed by atoms with van der Waals surface area (Å²) < 4.78 is 3.87. The molecule has 0 atom stereocenters. The Morgan fingerprint density at radius 3 is 2.26 bits per heavy atom. The molecule has 1 aromatic heterocycles. The van der Waals surface area contributed by atoms with E-state index < -0.39 is 0 Å². The zero-order valence-electron chi connectivity index (χ0n) is 20.9. The molecule has 0 bridgehead atoms. The molecule has 198 valence electrons. The number of hydrogen-bond donors (Lipinski definition) is 2. The van der Waals surface area contributed by atoms with Crippen molar-refractivity contribution in [2.45, 2.75) is 6.92 Å². The van der Waals surface area contributed by atoms with Crippen LogP contribution in [0.1, 0.15) is 36.1 Å². The van der Waals surface area contributed by atoms with Gasteiger partial charge in [-0.1, -0.05) is 22.2 Å². The molecule has 2 aliphatic heterocycles. The molecule has 2 N–H and O–H groups in total. The van der Waals surface area contributed by atoms with Crippen LogP contribution >= 0.6 is 23.1 Å². The van der Waals surface area contributed by atoms with E-state index in [2.05, 4.69) is 25.1 Å². The van der Waals surface area contributed by atoms with Crippen LogP contribution < -0.4 is 15.5 Å². The van der Waals surface area contributed by atoms with Crippen LogP contribution in [-0.2, 0) is 0 Å². The number of aromatic nitrogens is 2. The van der Waals surface area contributed by atoms with Crippen molar-refractivity contribution in [1.82, 2.24) is 24.7 Å². The summed E-state index contributed by atoms with van der Waals surface area (Å²) in [5.74, 6) is -0.452. The molecule has 0 aliphatic carbocycles. The molecule has 3 aromatic rings. The fraction of sp³-hybridized carbons (Fsp3) is 0.346. The van der Waals surface area contributed by atoms with E-state index in [1.54, 1.807) is 48.2 Å². The minimum absolute atomic E-state index is 0.0641. The maximum atomic E-state index is 13.2. The normalized spacial score (nSPS) is 15.9. The van der Waals surface area contributed by atoms with Gasteiger partial charge in [-0.25, -0.2) is 0 Å². The van der Waals surface area contributed by atoms with E-state index in [1.807, 2.05) is 11.0 Å². The summed E-state index contributed by atoms with van der Waals surface area (Å²) in [5.41, 5.74) is 2.96. The predicted octanol–water partition coefficient (Wildman–Crippen LogP) is 2.76. The standard InChI is InChI=1S/C26H28ClN7O3S/c1-17-23(38-31-30-17)24(35)29-21-16-19(26(37)33-9-7-28-8-10-33)5-6-22(21)32-11-13-34(14-12-32)25(36)18-3-2-4-20(27)15-18/h2-6,15-16,28H,7-14H2,1H3,(H,29,35). The number of nitrogens with one attached hydrogen (secondary N) is 2. The van der Waals surface area contributed by atoms with Crippen LogP contribution in [0.5, 0.6) is 0 Å². The number of carbonyl (C=O) groups is 3. The van der Waals surface area contributed by atoms with Crippen molar-refractivity contribution >= 4 is 52.2 Å². The average Bonchev–Trinajstić information content (AvgIpc) is 3.39. The van der Waals surface area contributed by atoms with Crippen molar-refractivity contribution in [3.63, 3.8) is 0 Å². The van der Waals surface area contributed by atoms with E-state index >= 15 is 0 Å². The number of halogens is 1. The molecule has 0 saturated carbocycles. The molecule has 12 heteroatoms. The van der Waals surface area contributed by atoms with E-state index in [0.717, 1.165) is 30.3 Å². The van der Waals surface area contributed by atoms with Crippen molar-refractivity contribution in [1.29, 1.82) is 0 Å². The molecule has 2 fully saturated rings. The van der Waals surface area contributed by atoms with Gasteiger partial charge in [0.05, 0.1) is 17.1 Å². The van der Waals surface area contributed by atoms with Gasteiger partial charge in [0.2, 0.25) is 0 Å². The highest BCUT2D eigenvalue weighted by atomic mass is 35.5. The first kappa shape index (κ1) is 26.1. The van der Waals surface area contributed by atoms with E-state index in [9.17, 15) is 14.4 Å². The zero-order valence-corrected chi connectivity index (χ0v) is 22.5. The molecule has 0 unspecified atom stereocenters. The van der Waals surface area contributed by atoms with Crippen LogP contribution in [0.2, 0.25) is 5.02 Å². The van der Waals surface area contributed by atoms with Crippen LogP contribution in [0, 0.1) is 6.92 Å². The van der Waals surface area contributed by atoms with Gasteiger partial charge in [0.25, 0.3) is 17.7 Å². The summed E-state index contributed by atoms with van der Waals surface area (Å²) in [7, 11) is 0. The molecule has 38 heavy (non-hydrogen) atoms. The minimum atomic E-state index is -0.319. The number of rotatable bonds is 5. The molecular formula is C26H28ClN7O3S. The number of nitrogens with zero attached hydrogens (tertiary/aromatic N) is 5. The lowest BCUT2D eigenvalue weighted by atomic mass is 10.1. The highest BCUT2D eigenvalue weighted by molar-refractivity contribution is 7.08. The Morgan fingerprint density at radius 2 is 1.61 bits per heavy atom. The lowest BCUT2D eigenvalue weighted by Crippen LogP contribution is -2.49. The summed E-state index contributed by atoms with van der Waals surface area (Å²) >= 11 is 7.10. The number of piperazine rings is 2. The Balaban J connectivity index is 1.36. The number of carbonyl (C=O) groups excluding carboxylic acids is 3. The summed E-state index contributed by atoms with van der Waals surface area (Å²) in [5, 5.41) is 10.7. The highest BCUT2D eigenvalue weighted by Crippen LogP contribution is 2.30. The van der Waals surface area contributed by atoms with Gasteiger partial charge >= 0.3 is 0 Å². The Labute approximate surface area is 229 Å². The summed E-state index contributed by atoms with van der Waals surface area (Å²) in [6.07, 6.45) is 0. The third-order valence-electron chi connectivity index (χ3n) is 6.73. The van der Waals surface area contributed by atoms with Crippen LogP contribution in [0.25, 0.3) is 0 Å². The van der Waals surface area contributed by atoms with Crippen molar-refractivity contribution in [3.05, 3.63) is 69.2 Å².